The predicted octanol–water partition coefficient (Wildman–Crippen LogP) is 3.02. The van der Waals surface area contributed by atoms with Crippen molar-refractivity contribution in [2.45, 2.75) is 69.3 Å². The second kappa shape index (κ2) is 9.90. The van der Waals surface area contributed by atoms with E-state index < -0.39 is 33.4 Å². The average Bonchev–Trinajstić information content (AvgIpc) is 2.89. The Kier molecular flexibility index (Phi) is 8.78. The number of hydrogen-bond donors (Lipinski definition) is 2. The highest BCUT2D eigenvalue weighted by molar-refractivity contribution is 7.87. The van der Waals surface area contributed by atoms with Crippen LogP contribution in [-0.2, 0) is 19.0 Å². The molecule has 0 saturated carbocycles. The molecule has 0 spiro atoms. The van der Waals surface area contributed by atoms with Crippen molar-refractivity contribution >= 4 is 10.1 Å². The summed E-state index contributed by atoms with van der Waals surface area (Å²) in [7, 11) is -5.75. The van der Waals surface area contributed by atoms with Gasteiger partial charge < -0.3 is 19.1 Å². The van der Waals surface area contributed by atoms with Crippen molar-refractivity contribution in [1.82, 2.24) is 0 Å². The number of aliphatic hydroxyl groups is 2. The summed E-state index contributed by atoms with van der Waals surface area (Å²) in [5.74, 6) is -1.36. The van der Waals surface area contributed by atoms with Crippen LogP contribution in [0.2, 0.25) is 0 Å². The van der Waals surface area contributed by atoms with Crippen molar-refractivity contribution in [3.05, 3.63) is 24.5 Å². The van der Waals surface area contributed by atoms with Gasteiger partial charge in [0.1, 0.15) is 5.76 Å². The van der Waals surface area contributed by atoms with Crippen LogP contribution >= 0.6 is 0 Å². The second-order valence-corrected chi connectivity index (χ2v) is 8.33. The van der Waals surface area contributed by atoms with E-state index in [2.05, 4.69) is 17.3 Å². The molecular formula is C17H27F3O6S. The number of hydrogen-bond acceptors (Lipinski definition) is 6. The third kappa shape index (κ3) is 7.44. The van der Waals surface area contributed by atoms with E-state index in [1.165, 1.54) is 6.92 Å². The highest BCUT2D eigenvalue weighted by Crippen LogP contribution is 2.32. The number of aliphatic hydroxyl groups excluding tert-OH is 2. The van der Waals surface area contributed by atoms with Gasteiger partial charge >= 0.3 is 15.6 Å². The lowest BCUT2D eigenvalue weighted by atomic mass is 9.96. The predicted molar refractivity (Wildman–Crippen MR) is 93.0 cm³/mol. The summed E-state index contributed by atoms with van der Waals surface area (Å²) < 4.78 is 68.7. The Labute approximate surface area is 157 Å². The molecule has 0 bridgehead atoms. The van der Waals surface area contributed by atoms with Crippen molar-refractivity contribution in [2.24, 2.45) is 5.92 Å². The van der Waals surface area contributed by atoms with Gasteiger partial charge in [-0.25, -0.2) is 0 Å². The molecule has 10 heteroatoms. The van der Waals surface area contributed by atoms with Crippen LogP contribution < -0.4 is 0 Å². The molecule has 4 atom stereocenters. The fourth-order valence-electron chi connectivity index (χ4n) is 2.83. The maximum absolute atomic E-state index is 12.3. The van der Waals surface area contributed by atoms with Crippen molar-refractivity contribution in [3.63, 3.8) is 0 Å². The highest BCUT2D eigenvalue weighted by Gasteiger charge is 2.49. The van der Waals surface area contributed by atoms with Gasteiger partial charge in [0.25, 0.3) is 0 Å². The number of alkyl halides is 3. The first-order valence-electron chi connectivity index (χ1n) is 8.69. The maximum Gasteiger partial charge on any atom is 0.534 e. The summed E-state index contributed by atoms with van der Waals surface area (Å²) in [6.07, 6.45) is 1.72. The summed E-state index contributed by atoms with van der Waals surface area (Å²) in [6, 6.07) is 0. The first-order chi connectivity index (χ1) is 12.4. The monoisotopic (exact) mass is 416 g/mol. The van der Waals surface area contributed by atoms with Gasteiger partial charge in [-0.1, -0.05) is 20.1 Å². The number of allylic oxidation sites excluding steroid dienone is 1. The highest BCUT2D eigenvalue weighted by atomic mass is 32.2. The SMILES string of the molecule is C=C(OS(=O)(=O)C(F)(F)F)C(C)CC(O)CCC1O[C@@H](CCCO)CC1=C. The molecule has 1 saturated heterocycles. The quantitative estimate of drug-likeness (QED) is 0.233. The molecule has 0 aromatic carbocycles. The van der Waals surface area contributed by atoms with Crippen LogP contribution in [0, 0.1) is 5.92 Å². The lowest BCUT2D eigenvalue weighted by molar-refractivity contribution is -0.0527. The smallest absolute Gasteiger partial charge is 0.396 e. The van der Waals surface area contributed by atoms with Gasteiger partial charge in [0, 0.05) is 12.5 Å². The van der Waals surface area contributed by atoms with Gasteiger partial charge in [-0.05, 0) is 44.1 Å². The topological polar surface area (TPSA) is 93.1 Å². The van der Waals surface area contributed by atoms with Crippen LogP contribution in [0.5, 0.6) is 0 Å². The molecule has 1 aliphatic heterocycles. The summed E-state index contributed by atoms with van der Waals surface area (Å²) in [5, 5.41) is 18.9. The Bertz CT molecular complexity index is 617. The zero-order chi connectivity index (χ0) is 20.8. The Hall–Kier alpha value is -1.10. The number of rotatable bonds is 11. The first kappa shape index (κ1) is 23.9. The van der Waals surface area contributed by atoms with E-state index in [1.807, 2.05) is 0 Å². The van der Waals surface area contributed by atoms with Crippen molar-refractivity contribution < 1.29 is 40.7 Å². The lowest BCUT2D eigenvalue weighted by Gasteiger charge is -2.20. The molecule has 0 amide bonds. The number of halogens is 3. The maximum atomic E-state index is 12.3. The minimum atomic E-state index is -5.75. The first-order valence-corrected chi connectivity index (χ1v) is 10.1. The van der Waals surface area contributed by atoms with Gasteiger partial charge in [0.05, 0.1) is 18.3 Å². The van der Waals surface area contributed by atoms with E-state index >= 15 is 0 Å². The Morgan fingerprint density at radius 1 is 1.41 bits per heavy atom. The molecule has 0 radical (unpaired) electrons. The fraction of sp³-hybridized carbons (Fsp3) is 0.765. The molecule has 0 aromatic heterocycles. The average molecular weight is 416 g/mol. The van der Waals surface area contributed by atoms with Gasteiger partial charge in [-0.2, -0.15) is 21.6 Å². The van der Waals surface area contributed by atoms with E-state index in [1.54, 1.807) is 0 Å². The van der Waals surface area contributed by atoms with E-state index in [4.69, 9.17) is 9.84 Å². The van der Waals surface area contributed by atoms with Crippen molar-refractivity contribution in [2.75, 3.05) is 6.61 Å². The third-order valence-corrected chi connectivity index (χ3v) is 5.42. The molecule has 0 aromatic rings. The lowest BCUT2D eigenvalue weighted by Crippen LogP contribution is -2.27. The Morgan fingerprint density at radius 3 is 2.59 bits per heavy atom. The molecule has 1 heterocycles. The van der Waals surface area contributed by atoms with Crippen LogP contribution in [0.3, 0.4) is 0 Å². The second-order valence-electron chi connectivity index (χ2n) is 6.79. The Balaban J connectivity index is 2.42. The van der Waals surface area contributed by atoms with Crippen LogP contribution in [0.15, 0.2) is 24.5 Å². The zero-order valence-corrected chi connectivity index (χ0v) is 16.1. The number of ether oxygens (including phenoxy) is 1. The molecule has 0 aliphatic carbocycles. The van der Waals surface area contributed by atoms with Crippen molar-refractivity contribution in [3.8, 4) is 0 Å². The fourth-order valence-corrected chi connectivity index (χ4v) is 3.37. The van der Waals surface area contributed by atoms with Crippen LogP contribution in [0.25, 0.3) is 0 Å². The minimum Gasteiger partial charge on any atom is -0.396 e. The zero-order valence-electron chi connectivity index (χ0n) is 15.2. The van der Waals surface area contributed by atoms with E-state index in [0.29, 0.717) is 25.7 Å². The Morgan fingerprint density at radius 2 is 2.04 bits per heavy atom. The summed E-state index contributed by atoms with van der Waals surface area (Å²) in [5.41, 5.74) is -4.62. The van der Waals surface area contributed by atoms with Crippen LogP contribution in [0.4, 0.5) is 13.2 Å². The van der Waals surface area contributed by atoms with Crippen LogP contribution in [0.1, 0.15) is 45.4 Å². The standard InChI is InChI=1S/C17H27F3O6S/c1-11(13(3)26-27(23,24)17(18,19)20)9-14(22)6-7-16-12(2)10-15(25-16)5-4-8-21/h11,14-16,21-22H,2-10H2,1H3/t11?,14?,15-,16?/m0/s1. The molecule has 1 fully saturated rings. The molecule has 27 heavy (non-hydrogen) atoms. The summed E-state index contributed by atoms with van der Waals surface area (Å²) in [6.45, 7) is 8.68. The summed E-state index contributed by atoms with van der Waals surface area (Å²) in [4.78, 5) is 0. The normalized spacial score (nSPS) is 23.3. The molecule has 158 valence electrons. The minimum absolute atomic E-state index is 0.000647. The van der Waals surface area contributed by atoms with E-state index in [0.717, 1.165) is 12.0 Å². The van der Waals surface area contributed by atoms with Gasteiger partial charge in [-0.3, -0.25) is 0 Å². The third-order valence-electron chi connectivity index (χ3n) is 4.42. The molecule has 3 unspecified atom stereocenters. The van der Waals surface area contributed by atoms with E-state index in [9.17, 15) is 26.7 Å². The van der Waals surface area contributed by atoms with Gasteiger partial charge in [-0.15, -0.1) is 0 Å². The molecule has 2 N–H and O–H groups in total. The largest absolute Gasteiger partial charge is 0.534 e. The molecule has 6 nitrogen and oxygen atoms in total. The molecular weight excluding hydrogens is 389 g/mol. The van der Waals surface area contributed by atoms with E-state index in [-0.39, 0.29) is 25.2 Å². The van der Waals surface area contributed by atoms with Crippen LogP contribution in [-0.4, -0.2) is 49.1 Å². The molecule has 1 aliphatic rings. The van der Waals surface area contributed by atoms with Crippen molar-refractivity contribution in [1.29, 1.82) is 0 Å². The van der Waals surface area contributed by atoms with Gasteiger partial charge in [0.15, 0.2) is 0 Å². The van der Waals surface area contributed by atoms with Gasteiger partial charge in [0.2, 0.25) is 0 Å². The summed E-state index contributed by atoms with van der Waals surface area (Å²) >= 11 is 0. The molecule has 1 rings (SSSR count).